The molecule has 0 saturated carbocycles. The van der Waals surface area contributed by atoms with E-state index in [4.69, 9.17) is 11.6 Å². The third-order valence-electron chi connectivity index (χ3n) is 1.45. The molecule has 0 aliphatic rings. The van der Waals surface area contributed by atoms with Gasteiger partial charge in [0.1, 0.15) is 0 Å². The fourth-order valence-corrected chi connectivity index (χ4v) is 1.37. The Morgan fingerprint density at radius 2 is 1.85 bits per heavy atom. The molecule has 1 rings (SSSR count). The zero-order chi connectivity index (χ0) is 9.90. The molecular weight excluding hydrogens is 210 g/mol. The zero-order valence-corrected chi connectivity index (χ0v) is 8.69. The maximum atomic E-state index is 10.7. The van der Waals surface area contributed by atoms with Crippen LogP contribution in [0.4, 0.5) is 0 Å². The van der Waals surface area contributed by atoms with E-state index >= 15 is 0 Å². The molecule has 0 fully saturated rings. The van der Waals surface area contributed by atoms with Gasteiger partial charge in [-0.2, -0.15) is 0 Å². The summed E-state index contributed by atoms with van der Waals surface area (Å²) in [6.45, 7) is 0.302. The van der Waals surface area contributed by atoms with Gasteiger partial charge >= 0.3 is 0 Å². The standard InChI is InChI=1S/C8H10ClNO2S/c1-13(11,12)10-6-7-2-4-8(9)5-3-7/h2-5,10H,6H2,1H3. The SMILES string of the molecule is CS(=O)(=O)NCc1ccc(Cl)cc1. The van der Waals surface area contributed by atoms with Crippen molar-refractivity contribution in [1.82, 2.24) is 4.72 Å². The van der Waals surface area contributed by atoms with Crippen LogP contribution in [0.3, 0.4) is 0 Å². The lowest BCUT2D eigenvalue weighted by molar-refractivity contribution is 0.587. The van der Waals surface area contributed by atoms with Crippen molar-refractivity contribution in [1.29, 1.82) is 0 Å². The van der Waals surface area contributed by atoms with Crippen LogP contribution in [0.5, 0.6) is 0 Å². The summed E-state index contributed by atoms with van der Waals surface area (Å²) < 4.78 is 23.9. The van der Waals surface area contributed by atoms with Crippen molar-refractivity contribution in [2.75, 3.05) is 6.26 Å². The molecule has 0 heterocycles. The van der Waals surface area contributed by atoms with E-state index in [1.165, 1.54) is 0 Å². The smallest absolute Gasteiger partial charge is 0.209 e. The van der Waals surface area contributed by atoms with Crippen LogP contribution < -0.4 is 4.72 Å². The topological polar surface area (TPSA) is 46.2 Å². The fraction of sp³-hybridized carbons (Fsp3) is 0.250. The summed E-state index contributed by atoms with van der Waals surface area (Å²) in [5.74, 6) is 0. The summed E-state index contributed by atoms with van der Waals surface area (Å²) in [7, 11) is -3.12. The number of halogens is 1. The van der Waals surface area contributed by atoms with Crippen LogP contribution in [0.1, 0.15) is 5.56 Å². The Hall–Kier alpha value is -0.580. The Balaban J connectivity index is 2.61. The minimum absolute atomic E-state index is 0.302. The van der Waals surface area contributed by atoms with Gasteiger partial charge in [-0.3, -0.25) is 0 Å². The summed E-state index contributed by atoms with van der Waals surface area (Å²) in [6, 6.07) is 7.00. The normalized spacial score (nSPS) is 11.5. The van der Waals surface area contributed by atoms with E-state index in [1.54, 1.807) is 24.3 Å². The molecule has 3 nitrogen and oxygen atoms in total. The first kappa shape index (κ1) is 10.5. The number of rotatable bonds is 3. The summed E-state index contributed by atoms with van der Waals surface area (Å²) >= 11 is 5.66. The molecule has 13 heavy (non-hydrogen) atoms. The minimum Gasteiger partial charge on any atom is -0.213 e. The predicted molar refractivity (Wildman–Crippen MR) is 53.1 cm³/mol. The Morgan fingerprint density at radius 3 is 2.31 bits per heavy atom. The van der Waals surface area contributed by atoms with Crippen LogP contribution in [-0.2, 0) is 16.6 Å². The van der Waals surface area contributed by atoms with Gasteiger partial charge in [0.15, 0.2) is 0 Å². The van der Waals surface area contributed by atoms with E-state index in [1.807, 2.05) is 0 Å². The highest BCUT2D eigenvalue weighted by Crippen LogP contribution is 2.09. The van der Waals surface area contributed by atoms with E-state index in [-0.39, 0.29) is 0 Å². The van der Waals surface area contributed by atoms with Crippen LogP contribution in [0.15, 0.2) is 24.3 Å². The number of sulfonamides is 1. The van der Waals surface area contributed by atoms with Crippen molar-refractivity contribution < 1.29 is 8.42 Å². The van der Waals surface area contributed by atoms with Gasteiger partial charge in [-0.05, 0) is 17.7 Å². The molecule has 0 bridgehead atoms. The first-order chi connectivity index (χ1) is 5.97. The van der Waals surface area contributed by atoms with Gasteiger partial charge in [0.05, 0.1) is 6.26 Å². The molecule has 0 unspecified atom stereocenters. The molecule has 0 aliphatic carbocycles. The number of benzene rings is 1. The number of hydrogen-bond donors (Lipinski definition) is 1. The summed E-state index contributed by atoms with van der Waals surface area (Å²) in [6.07, 6.45) is 1.13. The van der Waals surface area contributed by atoms with Gasteiger partial charge in [0.25, 0.3) is 0 Å². The van der Waals surface area contributed by atoms with Crippen LogP contribution in [-0.4, -0.2) is 14.7 Å². The van der Waals surface area contributed by atoms with Crippen molar-refractivity contribution in [3.8, 4) is 0 Å². The maximum absolute atomic E-state index is 10.7. The monoisotopic (exact) mass is 219 g/mol. The van der Waals surface area contributed by atoms with E-state index < -0.39 is 10.0 Å². The van der Waals surface area contributed by atoms with E-state index in [0.717, 1.165) is 11.8 Å². The third kappa shape index (κ3) is 4.26. The van der Waals surface area contributed by atoms with Crippen molar-refractivity contribution in [2.24, 2.45) is 0 Å². The lowest BCUT2D eigenvalue weighted by atomic mass is 10.2. The molecular formula is C8H10ClNO2S. The lowest BCUT2D eigenvalue weighted by Gasteiger charge is -2.01. The molecule has 1 aromatic carbocycles. The van der Waals surface area contributed by atoms with Gasteiger partial charge in [0, 0.05) is 11.6 Å². The lowest BCUT2D eigenvalue weighted by Crippen LogP contribution is -2.21. The van der Waals surface area contributed by atoms with Crippen molar-refractivity contribution >= 4 is 21.6 Å². The first-order valence-electron chi connectivity index (χ1n) is 3.66. The maximum Gasteiger partial charge on any atom is 0.209 e. The van der Waals surface area contributed by atoms with Gasteiger partial charge in [-0.1, -0.05) is 23.7 Å². The van der Waals surface area contributed by atoms with Crippen molar-refractivity contribution in [3.05, 3.63) is 34.9 Å². The zero-order valence-electron chi connectivity index (χ0n) is 7.12. The van der Waals surface area contributed by atoms with Gasteiger partial charge < -0.3 is 0 Å². The van der Waals surface area contributed by atoms with Crippen LogP contribution in [0.2, 0.25) is 5.02 Å². The molecule has 1 N–H and O–H groups in total. The Bertz CT molecular complexity index is 372. The van der Waals surface area contributed by atoms with Crippen molar-refractivity contribution in [3.63, 3.8) is 0 Å². The van der Waals surface area contributed by atoms with Gasteiger partial charge in [0.2, 0.25) is 10.0 Å². The third-order valence-corrected chi connectivity index (χ3v) is 2.37. The van der Waals surface area contributed by atoms with Crippen LogP contribution >= 0.6 is 11.6 Å². The molecule has 0 aromatic heterocycles. The van der Waals surface area contributed by atoms with Gasteiger partial charge in [-0.25, -0.2) is 13.1 Å². The molecule has 0 atom stereocenters. The molecule has 0 saturated heterocycles. The minimum atomic E-state index is -3.12. The molecule has 72 valence electrons. The van der Waals surface area contributed by atoms with Crippen LogP contribution in [0.25, 0.3) is 0 Å². The summed E-state index contributed by atoms with van der Waals surface area (Å²) in [4.78, 5) is 0. The number of hydrogen-bond acceptors (Lipinski definition) is 2. The Labute approximate surface area is 82.8 Å². The highest BCUT2D eigenvalue weighted by atomic mass is 35.5. The van der Waals surface area contributed by atoms with Crippen LogP contribution in [0, 0.1) is 0 Å². The Kier molecular flexibility index (Phi) is 3.30. The Morgan fingerprint density at radius 1 is 1.31 bits per heavy atom. The second-order valence-corrected chi connectivity index (χ2v) is 4.99. The fourth-order valence-electron chi connectivity index (χ4n) is 0.817. The predicted octanol–water partition coefficient (Wildman–Crippen LogP) is 1.39. The molecule has 0 amide bonds. The second kappa shape index (κ2) is 4.09. The highest BCUT2D eigenvalue weighted by molar-refractivity contribution is 7.88. The van der Waals surface area contributed by atoms with Gasteiger partial charge in [-0.15, -0.1) is 0 Å². The molecule has 0 spiro atoms. The molecule has 1 aromatic rings. The summed E-state index contributed by atoms with van der Waals surface area (Å²) in [5.41, 5.74) is 0.884. The first-order valence-corrected chi connectivity index (χ1v) is 5.93. The summed E-state index contributed by atoms with van der Waals surface area (Å²) in [5, 5.41) is 0.642. The molecule has 5 heteroatoms. The molecule has 0 radical (unpaired) electrons. The highest BCUT2D eigenvalue weighted by Gasteiger charge is 1.99. The second-order valence-electron chi connectivity index (χ2n) is 2.72. The quantitative estimate of drug-likeness (QED) is 0.835. The average molecular weight is 220 g/mol. The molecule has 0 aliphatic heterocycles. The average Bonchev–Trinajstić information content (AvgIpc) is 2.02. The van der Waals surface area contributed by atoms with Crippen molar-refractivity contribution in [2.45, 2.75) is 6.54 Å². The number of nitrogens with one attached hydrogen (secondary N) is 1. The largest absolute Gasteiger partial charge is 0.213 e. The van der Waals surface area contributed by atoms with E-state index in [2.05, 4.69) is 4.72 Å². The van der Waals surface area contributed by atoms with E-state index in [9.17, 15) is 8.42 Å². The van der Waals surface area contributed by atoms with E-state index in [0.29, 0.717) is 11.6 Å².